The Hall–Kier alpha value is -0.520. The number of nitrogens with zero attached hydrogens (tertiary/aromatic N) is 1. The lowest BCUT2D eigenvalue weighted by atomic mass is 10.1. The fourth-order valence-corrected chi connectivity index (χ4v) is 2.77. The zero-order chi connectivity index (χ0) is 13.9. The highest BCUT2D eigenvalue weighted by Gasteiger charge is 2.36. The second kappa shape index (κ2) is 6.29. The minimum Gasteiger partial charge on any atom is -0.372 e. The van der Waals surface area contributed by atoms with Crippen LogP contribution in [0.15, 0.2) is 30.3 Å². The summed E-state index contributed by atoms with van der Waals surface area (Å²) in [5.41, 5.74) is 0.0736. The van der Waals surface area contributed by atoms with Crippen molar-refractivity contribution in [1.29, 1.82) is 0 Å². The van der Waals surface area contributed by atoms with Gasteiger partial charge in [0, 0.05) is 24.0 Å². The summed E-state index contributed by atoms with van der Waals surface area (Å²) in [4.78, 5) is 1.78. The fourth-order valence-electron chi connectivity index (χ4n) is 2.41. The second-order valence-corrected chi connectivity index (χ2v) is 5.64. The number of halogens is 3. The van der Waals surface area contributed by atoms with Gasteiger partial charge in [-0.3, -0.25) is 4.90 Å². The fraction of sp³-hybridized carbons (Fsp3) is 0.571. The molecular weight excluding hydrogens is 316 g/mol. The molecule has 0 amide bonds. The van der Waals surface area contributed by atoms with E-state index in [0.29, 0.717) is 18.4 Å². The number of hydrogen-bond acceptors (Lipinski definition) is 2. The number of ether oxygens (including phenoxy) is 1. The van der Waals surface area contributed by atoms with E-state index in [0.717, 1.165) is 0 Å². The van der Waals surface area contributed by atoms with Gasteiger partial charge >= 0.3 is 0 Å². The minimum absolute atomic E-state index is 0.0112. The first-order valence-corrected chi connectivity index (χ1v) is 7.50. The van der Waals surface area contributed by atoms with E-state index < -0.39 is 5.92 Å². The molecule has 2 rings (SSSR count). The van der Waals surface area contributed by atoms with Crippen LogP contribution in [-0.4, -0.2) is 42.1 Å². The first-order chi connectivity index (χ1) is 9.01. The van der Waals surface area contributed by atoms with Crippen LogP contribution in [0.25, 0.3) is 0 Å². The van der Waals surface area contributed by atoms with Crippen LogP contribution in [0.1, 0.15) is 12.5 Å². The van der Waals surface area contributed by atoms with E-state index in [1.165, 1.54) is 12.1 Å². The van der Waals surface area contributed by atoms with Crippen molar-refractivity contribution in [3.8, 4) is 0 Å². The number of rotatable bonds is 4. The lowest BCUT2D eigenvalue weighted by Crippen LogP contribution is -2.50. The van der Waals surface area contributed by atoms with E-state index in [1.54, 1.807) is 23.1 Å². The average molecular weight is 334 g/mol. The van der Waals surface area contributed by atoms with Crippen LogP contribution >= 0.6 is 15.9 Å². The molecule has 0 aromatic heterocycles. The van der Waals surface area contributed by atoms with E-state index in [9.17, 15) is 8.78 Å². The van der Waals surface area contributed by atoms with Crippen LogP contribution < -0.4 is 0 Å². The van der Waals surface area contributed by atoms with Crippen LogP contribution in [-0.2, 0) is 10.7 Å². The van der Waals surface area contributed by atoms with Gasteiger partial charge in [0.05, 0.1) is 18.8 Å². The molecule has 1 aliphatic heterocycles. The molecule has 19 heavy (non-hydrogen) atoms. The Morgan fingerprint density at radius 3 is 2.63 bits per heavy atom. The molecule has 1 aromatic rings. The lowest BCUT2D eigenvalue weighted by molar-refractivity contribution is -0.104. The number of hydrogen-bond donors (Lipinski definition) is 0. The van der Waals surface area contributed by atoms with Crippen molar-refractivity contribution < 1.29 is 13.5 Å². The zero-order valence-corrected chi connectivity index (χ0v) is 12.4. The Morgan fingerprint density at radius 1 is 1.32 bits per heavy atom. The van der Waals surface area contributed by atoms with Gasteiger partial charge in [-0.05, 0) is 6.92 Å². The lowest BCUT2D eigenvalue weighted by Gasteiger charge is -2.37. The Bertz CT molecular complexity index is 402. The van der Waals surface area contributed by atoms with Gasteiger partial charge in [0.15, 0.2) is 0 Å². The molecule has 1 aliphatic rings. The molecule has 106 valence electrons. The maximum atomic E-state index is 14.2. The molecule has 2 atom stereocenters. The maximum Gasteiger partial charge on any atom is 0.285 e. The van der Waals surface area contributed by atoms with Gasteiger partial charge in [-0.15, -0.1) is 0 Å². The van der Waals surface area contributed by atoms with E-state index in [2.05, 4.69) is 15.9 Å². The van der Waals surface area contributed by atoms with Crippen LogP contribution in [0.2, 0.25) is 0 Å². The molecule has 2 unspecified atom stereocenters. The average Bonchev–Trinajstić information content (AvgIpc) is 2.38. The number of morpholine rings is 1. The van der Waals surface area contributed by atoms with Gasteiger partial charge in [0.1, 0.15) is 0 Å². The summed E-state index contributed by atoms with van der Waals surface area (Å²) < 4.78 is 34.1. The van der Waals surface area contributed by atoms with Crippen molar-refractivity contribution in [3.05, 3.63) is 35.9 Å². The Kier molecular flexibility index (Phi) is 4.92. The summed E-state index contributed by atoms with van der Waals surface area (Å²) in [7, 11) is 0. The maximum absolute atomic E-state index is 14.2. The standard InChI is InChI=1S/C14H18BrF2NO/c1-11-8-18(9-13(7-15)19-11)10-14(16,17)12-5-3-2-4-6-12/h2-6,11,13H,7-10H2,1H3. The molecule has 0 saturated carbocycles. The van der Waals surface area contributed by atoms with Gasteiger partial charge in [-0.1, -0.05) is 46.3 Å². The van der Waals surface area contributed by atoms with Crippen LogP contribution in [0.3, 0.4) is 0 Å². The molecule has 2 nitrogen and oxygen atoms in total. The van der Waals surface area contributed by atoms with Crippen LogP contribution in [0.4, 0.5) is 8.78 Å². The van der Waals surface area contributed by atoms with Crippen molar-refractivity contribution in [1.82, 2.24) is 4.90 Å². The predicted molar refractivity (Wildman–Crippen MR) is 74.9 cm³/mol. The summed E-state index contributed by atoms with van der Waals surface area (Å²) in [6, 6.07) is 7.99. The number of alkyl halides is 3. The molecule has 1 fully saturated rings. The largest absolute Gasteiger partial charge is 0.372 e. The van der Waals surface area contributed by atoms with Crippen molar-refractivity contribution in [3.63, 3.8) is 0 Å². The third-order valence-corrected chi connectivity index (χ3v) is 3.91. The highest BCUT2D eigenvalue weighted by atomic mass is 79.9. The van der Waals surface area contributed by atoms with E-state index in [1.807, 2.05) is 6.92 Å². The normalized spacial score (nSPS) is 25.5. The minimum atomic E-state index is -2.82. The number of benzene rings is 1. The van der Waals surface area contributed by atoms with Gasteiger partial charge in [-0.25, -0.2) is 0 Å². The Balaban J connectivity index is 2.03. The first kappa shape index (κ1) is 14.9. The Labute approximate surface area is 120 Å². The zero-order valence-electron chi connectivity index (χ0n) is 10.9. The van der Waals surface area contributed by atoms with Crippen LogP contribution in [0, 0.1) is 0 Å². The van der Waals surface area contributed by atoms with Gasteiger partial charge in [0.2, 0.25) is 0 Å². The third kappa shape index (κ3) is 3.97. The molecule has 5 heteroatoms. The Morgan fingerprint density at radius 2 is 2.00 bits per heavy atom. The van der Waals surface area contributed by atoms with E-state index in [4.69, 9.17) is 4.74 Å². The van der Waals surface area contributed by atoms with Crippen LogP contribution in [0.5, 0.6) is 0 Å². The topological polar surface area (TPSA) is 12.5 Å². The monoisotopic (exact) mass is 333 g/mol. The van der Waals surface area contributed by atoms with E-state index >= 15 is 0 Å². The molecule has 1 saturated heterocycles. The quantitative estimate of drug-likeness (QED) is 0.784. The molecule has 0 spiro atoms. The molecular formula is C14H18BrF2NO. The summed E-state index contributed by atoms with van der Waals surface area (Å²) in [5, 5.41) is 0.671. The molecule has 1 aromatic carbocycles. The van der Waals surface area contributed by atoms with Crippen molar-refractivity contribution in [2.24, 2.45) is 0 Å². The highest BCUT2D eigenvalue weighted by molar-refractivity contribution is 9.09. The SMILES string of the molecule is CC1CN(CC(F)(F)c2ccccc2)CC(CBr)O1. The van der Waals surface area contributed by atoms with Crippen molar-refractivity contribution in [2.75, 3.05) is 25.0 Å². The summed E-state index contributed by atoms with van der Waals surface area (Å²) >= 11 is 3.35. The molecule has 0 aliphatic carbocycles. The van der Waals surface area contributed by atoms with E-state index in [-0.39, 0.29) is 24.3 Å². The molecule has 1 heterocycles. The van der Waals surface area contributed by atoms with Gasteiger partial charge in [-0.2, -0.15) is 8.78 Å². The van der Waals surface area contributed by atoms with Crippen molar-refractivity contribution in [2.45, 2.75) is 25.1 Å². The highest BCUT2D eigenvalue weighted by Crippen LogP contribution is 2.29. The smallest absolute Gasteiger partial charge is 0.285 e. The second-order valence-electron chi connectivity index (χ2n) is 4.99. The predicted octanol–water partition coefficient (Wildman–Crippen LogP) is 3.26. The third-order valence-electron chi connectivity index (χ3n) is 3.19. The summed E-state index contributed by atoms with van der Waals surface area (Å²) in [6.45, 7) is 2.75. The molecule has 0 radical (unpaired) electrons. The molecule has 0 bridgehead atoms. The van der Waals surface area contributed by atoms with Gasteiger partial charge in [0.25, 0.3) is 5.92 Å². The van der Waals surface area contributed by atoms with Crippen molar-refractivity contribution >= 4 is 15.9 Å². The van der Waals surface area contributed by atoms with Gasteiger partial charge < -0.3 is 4.74 Å². The summed E-state index contributed by atoms with van der Waals surface area (Å²) in [5.74, 6) is -2.82. The molecule has 0 N–H and O–H groups in total. The first-order valence-electron chi connectivity index (χ1n) is 6.38. The summed E-state index contributed by atoms with van der Waals surface area (Å²) in [6.07, 6.45) is -0.0294.